The first-order chi connectivity index (χ1) is 16.4. The van der Waals surface area contributed by atoms with E-state index >= 15 is 0 Å². The highest BCUT2D eigenvalue weighted by molar-refractivity contribution is 6.27. The third-order valence-corrected chi connectivity index (χ3v) is 7.29. The van der Waals surface area contributed by atoms with Gasteiger partial charge in [-0.15, -0.1) is 0 Å². The maximum atomic E-state index is 2.46. The molecule has 0 bridgehead atoms. The summed E-state index contributed by atoms with van der Waals surface area (Å²) in [6, 6.07) is 42.2. The van der Waals surface area contributed by atoms with Crippen LogP contribution in [0.4, 0.5) is 0 Å². The first-order valence-corrected chi connectivity index (χ1v) is 11.5. The lowest BCUT2D eigenvalue weighted by Gasteiger charge is -2.12. The van der Waals surface area contributed by atoms with E-state index in [2.05, 4.69) is 120 Å². The molecule has 1 aliphatic carbocycles. The molecule has 0 radical (unpaired) electrons. The van der Waals surface area contributed by atoms with Crippen molar-refractivity contribution in [3.05, 3.63) is 115 Å². The molecule has 8 rings (SSSR count). The van der Waals surface area contributed by atoms with Gasteiger partial charge in [-0.3, -0.25) is 0 Å². The Bertz CT molecular complexity index is 1920. The fourth-order valence-corrected chi connectivity index (χ4v) is 5.91. The van der Waals surface area contributed by atoms with E-state index in [0.717, 1.165) is 0 Å². The van der Waals surface area contributed by atoms with Crippen molar-refractivity contribution < 1.29 is 0 Å². The van der Waals surface area contributed by atoms with Crippen molar-refractivity contribution in [2.75, 3.05) is 0 Å². The summed E-state index contributed by atoms with van der Waals surface area (Å²) >= 11 is 0. The van der Waals surface area contributed by atoms with Crippen molar-refractivity contribution in [2.24, 2.45) is 0 Å². The number of fused-ring (bicyclic) bond motifs is 8. The second-order valence-corrected chi connectivity index (χ2v) is 8.98. The summed E-state index contributed by atoms with van der Waals surface area (Å²) in [7, 11) is 0. The highest BCUT2D eigenvalue weighted by Gasteiger charge is 2.25. The Labute approximate surface area is 191 Å². The standard InChI is InChI=1S/C32H19N/c1-2-9-21-18-22(17-16-20(21)8-1)33-30-15-6-5-12-25(30)29-19-28-24-11-4-3-10-23(24)26-13-7-14-27(31(26)28)32(29)33/h1-19H. The zero-order valence-corrected chi connectivity index (χ0v) is 17.9. The van der Waals surface area contributed by atoms with E-state index in [1.165, 1.54) is 71.3 Å². The summed E-state index contributed by atoms with van der Waals surface area (Å²) in [5.74, 6) is 0. The lowest BCUT2D eigenvalue weighted by molar-refractivity contribution is 1.19. The lowest BCUT2D eigenvalue weighted by atomic mass is 9.99. The largest absolute Gasteiger partial charge is 0.309 e. The number of benzene rings is 6. The van der Waals surface area contributed by atoms with E-state index in [9.17, 15) is 0 Å². The van der Waals surface area contributed by atoms with Gasteiger partial charge in [-0.1, -0.05) is 91.0 Å². The Morgan fingerprint density at radius 3 is 2.03 bits per heavy atom. The minimum atomic E-state index is 1.20. The van der Waals surface area contributed by atoms with Crippen LogP contribution in [0.1, 0.15) is 0 Å². The normalized spacial score (nSPS) is 12.2. The molecule has 0 aliphatic heterocycles. The first kappa shape index (κ1) is 17.2. The quantitative estimate of drug-likeness (QED) is 0.252. The van der Waals surface area contributed by atoms with Crippen LogP contribution in [0.3, 0.4) is 0 Å². The van der Waals surface area contributed by atoms with Crippen LogP contribution in [-0.2, 0) is 0 Å². The topological polar surface area (TPSA) is 4.93 Å². The van der Waals surface area contributed by atoms with Crippen molar-refractivity contribution in [3.63, 3.8) is 0 Å². The predicted octanol–water partition coefficient (Wildman–Crippen LogP) is 8.74. The van der Waals surface area contributed by atoms with Gasteiger partial charge in [0.05, 0.1) is 11.0 Å². The molecule has 0 spiro atoms. The van der Waals surface area contributed by atoms with Gasteiger partial charge in [0.25, 0.3) is 0 Å². The Kier molecular flexibility index (Phi) is 3.19. The van der Waals surface area contributed by atoms with Gasteiger partial charge in [0, 0.05) is 21.8 Å². The summed E-state index contributed by atoms with van der Waals surface area (Å²) in [5.41, 5.74) is 9.12. The minimum Gasteiger partial charge on any atom is -0.309 e. The van der Waals surface area contributed by atoms with E-state index < -0.39 is 0 Å². The molecule has 0 unspecified atom stereocenters. The minimum absolute atomic E-state index is 1.20. The van der Waals surface area contributed by atoms with Crippen LogP contribution in [0.25, 0.3) is 71.3 Å². The van der Waals surface area contributed by atoms with Gasteiger partial charge >= 0.3 is 0 Å². The summed E-state index contributed by atoms with van der Waals surface area (Å²) in [6.07, 6.45) is 0. The highest BCUT2D eigenvalue weighted by atomic mass is 15.0. The molecule has 0 fully saturated rings. The number of para-hydroxylation sites is 1. The van der Waals surface area contributed by atoms with Crippen LogP contribution in [0, 0.1) is 0 Å². The molecular weight excluding hydrogens is 398 g/mol. The molecule has 1 nitrogen and oxygen atoms in total. The molecule has 33 heavy (non-hydrogen) atoms. The van der Waals surface area contributed by atoms with E-state index in [0.29, 0.717) is 0 Å². The summed E-state index contributed by atoms with van der Waals surface area (Å²) in [6.45, 7) is 0. The Morgan fingerprint density at radius 1 is 0.424 bits per heavy atom. The summed E-state index contributed by atoms with van der Waals surface area (Å²) in [5, 5.41) is 7.84. The number of aromatic nitrogens is 1. The van der Waals surface area contributed by atoms with Gasteiger partial charge in [-0.05, 0) is 62.7 Å². The van der Waals surface area contributed by atoms with Gasteiger partial charge in [-0.2, -0.15) is 0 Å². The van der Waals surface area contributed by atoms with Crippen LogP contribution in [-0.4, -0.2) is 4.57 Å². The van der Waals surface area contributed by atoms with Crippen LogP contribution in [0.5, 0.6) is 0 Å². The van der Waals surface area contributed by atoms with Gasteiger partial charge in [0.2, 0.25) is 0 Å². The Morgan fingerprint density at radius 2 is 1.12 bits per heavy atom. The maximum Gasteiger partial charge on any atom is 0.0620 e. The van der Waals surface area contributed by atoms with Crippen molar-refractivity contribution in [1.29, 1.82) is 0 Å². The average molecular weight is 418 g/mol. The SMILES string of the molecule is c1ccc2c(c1)-c1cccc3c1c-2cc1c2ccccc2n(-c2ccc4ccccc4c2)c31. The molecule has 152 valence electrons. The molecule has 0 saturated heterocycles. The number of rotatable bonds is 1. The van der Waals surface area contributed by atoms with Gasteiger partial charge in [-0.25, -0.2) is 0 Å². The van der Waals surface area contributed by atoms with Crippen LogP contribution < -0.4 is 0 Å². The monoisotopic (exact) mass is 417 g/mol. The van der Waals surface area contributed by atoms with Gasteiger partial charge in [0.1, 0.15) is 0 Å². The van der Waals surface area contributed by atoms with Crippen molar-refractivity contribution in [3.8, 4) is 27.9 Å². The number of hydrogen-bond acceptors (Lipinski definition) is 0. The van der Waals surface area contributed by atoms with Crippen LogP contribution in [0.2, 0.25) is 0 Å². The fraction of sp³-hybridized carbons (Fsp3) is 0. The third kappa shape index (κ3) is 2.16. The summed E-state index contributed by atoms with van der Waals surface area (Å²) in [4.78, 5) is 0. The molecule has 1 aromatic heterocycles. The van der Waals surface area contributed by atoms with Crippen LogP contribution >= 0.6 is 0 Å². The molecule has 0 saturated carbocycles. The molecule has 1 heterocycles. The molecule has 1 aliphatic rings. The van der Waals surface area contributed by atoms with Crippen molar-refractivity contribution in [2.45, 2.75) is 0 Å². The van der Waals surface area contributed by atoms with E-state index in [-0.39, 0.29) is 0 Å². The molecule has 0 atom stereocenters. The molecule has 7 aromatic rings. The zero-order chi connectivity index (χ0) is 21.5. The smallest absolute Gasteiger partial charge is 0.0620 e. The lowest BCUT2D eigenvalue weighted by Crippen LogP contribution is -1.94. The maximum absolute atomic E-state index is 2.46. The molecule has 0 amide bonds. The molecule has 6 aromatic carbocycles. The predicted molar refractivity (Wildman–Crippen MR) is 140 cm³/mol. The molecule has 0 N–H and O–H groups in total. The zero-order valence-electron chi connectivity index (χ0n) is 17.9. The average Bonchev–Trinajstić information content (AvgIpc) is 3.39. The number of nitrogens with zero attached hydrogens (tertiary/aromatic N) is 1. The van der Waals surface area contributed by atoms with Crippen molar-refractivity contribution in [1.82, 2.24) is 4.57 Å². The highest BCUT2D eigenvalue weighted by Crippen LogP contribution is 2.50. The Hall–Kier alpha value is -4.36. The fourth-order valence-electron chi connectivity index (χ4n) is 5.91. The van der Waals surface area contributed by atoms with Crippen LogP contribution in [0.15, 0.2) is 115 Å². The van der Waals surface area contributed by atoms with Crippen molar-refractivity contribution >= 4 is 43.4 Å². The van der Waals surface area contributed by atoms with E-state index in [4.69, 9.17) is 0 Å². The first-order valence-electron chi connectivity index (χ1n) is 11.5. The van der Waals surface area contributed by atoms with E-state index in [1.807, 2.05) is 0 Å². The third-order valence-electron chi connectivity index (χ3n) is 7.29. The molecular formula is C32H19N. The second kappa shape index (κ2) is 6.11. The number of hydrogen-bond donors (Lipinski definition) is 0. The summed E-state index contributed by atoms with van der Waals surface area (Å²) < 4.78 is 2.46. The molecule has 1 heteroatoms. The van der Waals surface area contributed by atoms with Gasteiger partial charge in [0.15, 0.2) is 0 Å². The second-order valence-electron chi connectivity index (χ2n) is 8.98. The van der Waals surface area contributed by atoms with Gasteiger partial charge < -0.3 is 4.57 Å². The van der Waals surface area contributed by atoms with E-state index in [1.54, 1.807) is 0 Å². The Balaban J connectivity index is 1.60.